The van der Waals surface area contributed by atoms with Crippen LogP contribution in [0.2, 0.25) is 0 Å². The van der Waals surface area contributed by atoms with Gasteiger partial charge >= 0.3 is 23.1 Å². The summed E-state index contributed by atoms with van der Waals surface area (Å²) in [4.78, 5) is 0. The van der Waals surface area contributed by atoms with Gasteiger partial charge < -0.3 is 12.4 Å². The first-order chi connectivity index (χ1) is 8.84. The van der Waals surface area contributed by atoms with Gasteiger partial charge in [0.2, 0.25) is 0 Å². The van der Waals surface area contributed by atoms with E-state index in [1.807, 2.05) is 0 Å². The first-order valence-electron chi connectivity index (χ1n) is 7.49. The smallest absolute Gasteiger partial charge is 1.00 e. The van der Waals surface area contributed by atoms with Crippen LogP contribution in [-0.4, -0.2) is 23.1 Å². The summed E-state index contributed by atoms with van der Waals surface area (Å²) in [7, 11) is 0. The Morgan fingerprint density at radius 1 is 0.950 bits per heavy atom. The molecule has 0 saturated carbocycles. The molecule has 0 spiro atoms. The molecular formula is C16H26BrClMgS. The third kappa shape index (κ3) is 11.8. The molecule has 0 aliphatic carbocycles. The Hall–Kier alpha value is 1.24. The second-order valence-corrected chi connectivity index (χ2v) is 7.26. The molecule has 112 valence electrons. The van der Waals surface area contributed by atoms with Crippen molar-refractivity contribution in [2.24, 2.45) is 0 Å². The summed E-state index contributed by atoms with van der Waals surface area (Å²) in [5.41, 5.74) is 1.44. The molecule has 0 N–H and O–H groups in total. The molecule has 1 aromatic rings. The molecule has 1 heterocycles. The molecule has 0 aromatic carbocycles. The fourth-order valence-electron chi connectivity index (χ4n) is 2.25. The summed E-state index contributed by atoms with van der Waals surface area (Å²) >= 11 is 5.25. The molecule has 4 heteroatoms. The number of thiophene rings is 1. The molecule has 0 unspecified atom stereocenters. The summed E-state index contributed by atoms with van der Waals surface area (Å²) < 4.78 is 1.28. The van der Waals surface area contributed by atoms with E-state index in [-0.39, 0.29) is 35.5 Å². The van der Waals surface area contributed by atoms with Crippen LogP contribution in [0, 0.1) is 5.38 Å². The predicted molar refractivity (Wildman–Crippen MR) is 92.2 cm³/mol. The Bertz CT molecular complexity index is 304. The van der Waals surface area contributed by atoms with Gasteiger partial charge in [-0.05, 0) is 0 Å². The monoisotopic (exact) mass is 388 g/mol. The van der Waals surface area contributed by atoms with Gasteiger partial charge in [-0.3, -0.25) is 11.3 Å². The van der Waals surface area contributed by atoms with E-state index in [0.29, 0.717) is 0 Å². The number of aryl methyl sites for hydroxylation is 1. The molecule has 0 atom stereocenters. The van der Waals surface area contributed by atoms with Crippen molar-refractivity contribution in [3.05, 3.63) is 20.8 Å². The van der Waals surface area contributed by atoms with Crippen molar-refractivity contribution in [3.8, 4) is 0 Å². The molecule has 0 bridgehead atoms. The topological polar surface area (TPSA) is 0 Å². The summed E-state index contributed by atoms with van der Waals surface area (Å²) in [6.07, 6.45) is 15.4. The van der Waals surface area contributed by atoms with E-state index in [9.17, 15) is 0 Å². The molecule has 0 aliphatic heterocycles. The van der Waals surface area contributed by atoms with Crippen LogP contribution in [0.3, 0.4) is 0 Å². The van der Waals surface area contributed by atoms with E-state index >= 15 is 0 Å². The second kappa shape index (κ2) is 16.6. The van der Waals surface area contributed by atoms with E-state index in [1.54, 1.807) is 11.3 Å². The predicted octanol–water partition coefficient (Wildman–Crippen LogP) is 3.40. The minimum Gasteiger partial charge on any atom is -1.00 e. The zero-order valence-electron chi connectivity index (χ0n) is 12.7. The number of unbranched alkanes of at least 4 members (excludes halogenated alkanes) is 9. The van der Waals surface area contributed by atoms with Gasteiger partial charge in [-0.2, -0.15) is 11.6 Å². The Balaban J connectivity index is 0. The van der Waals surface area contributed by atoms with Crippen LogP contribution in [0.1, 0.15) is 76.7 Å². The van der Waals surface area contributed by atoms with Gasteiger partial charge in [-0.1, -0.05) is 81.3 Å². The Kier molecular flexibility index (Phi) is 19.5. The molecule has 1 aromatic heterocycles. The maximum Gasteiger partial charge on any atom is 2.00 e. The van der Waals surface area contributed by atoms with Crippen molar-refractivity contribution in [2.45, 2.75) is 77.6 Å². The number of halogens is 2. The Labute approximate surface area is 160 Å². The van der Waals surface area contributed by atoms with Gasteiger partial charge in [-0.25, -0.2) is 0 Å². The van der Waals surface area contributed by atoms with E-state index in [0.717, 1.165) is 0 Å². The SMILES string of the molecule is CCCCCCCCCCCCc1c[c-]sc1Br.[Cl-].[Mg+2]. The van der Waals surface area contributed by atoms with E-state index in [2.05, 4.69) is 34.3 Å². The Morgan fingerprint density at radius 3 is 1.90 bits per heavy atom. The largest absolute Gasteiger partial charge is 2.00 e. The average molecular weight is 390 g/mol. The van der Waals surface area contributed by atoms with Crippen LogP contribution >= 0.6 is 27.3 Å². The van der Waals surface area contributed by atoms with Gasteiger partial charge in [0.25, 0.3) is 0 Å². The van der Waals surface area contributed by atoms with Crippen molar-refractivity contribution in [1.29, 1.82) is 0 Å². The first kappa shape index (κ1) is 23.5. The van der Waals surface area contributed by atoms with E-state index in [4.69, 9.17) is 0 Å². The third-order valence-electron chi connectivity index (χ3n) is 3.43. The molecule has 0 nitrogen and oxygen atoms in total. The zero-order valence-corrected chi connectivity index (χ0v) is 17.3. The standard InChI is InChI=1S/C16H26BrS.ClH.Mg/c1-2-3-4-5-6-7-8-9-10-11-12-15-13-14-18-16(15)17;;/h13H,2-12H2,1H3;1H;/q-1;;+2/p-1. The minimum atomic E-state index is 0. The van der Waals surface area contributed by atoms with Crippen molar-refractivity contribution >= 4 is 50.3 Å². The van der Waals surface area contributed by atoms with Crippen LogP contribution in [0.15, 0.2) is 9.85 Å². The fraction of sp³-hybridized carbons (Fsp3) is 0.750. The van der Waals surface area contributed by atoms with Crippen molar-refractivity contribution in [1.82, 2.24) is 0 Å². The van der Waals surface area contributed by atoms with Gasteiger partial charge in [0.1, 0.15) is 0 Å². The van der Waals surface area contributed by atoms with Gasteiger partial charge in [0, 0.05) is 0 Å². The number of rotatable bonds is 11. The minimum absolute atomic E-state index is 0. The molecule has 0 radical (unpaired) electrons. The summed E-state index contributed by atoms with van der Waals surface area (Å²) in [6.45, 7) is 2.28. The molecule has 0 saturated heterocycles. The van der Waals surface area contributed by atoms with Crippen molar-refractivity contribution < 1.29 is 12.4 Å². The number of hydrogen-bond donors (Lipinski definition) is 0. The van der Waals surface area contributed by atoms with Gasteiger partial charge in [0.15, 0.2) is 0 Å². The van der Waals surface area contributed by atoms with Crippen molar-refractivity contribution in [3.63, 3.8) is 0 Å². The second-order valence-electron chi connectivity index (χ2n) is 5.10. The van der Waals surface area contributed by atoms with Crippen LogP contribution in [-0.2, 0) is 6.42 Å². The normalized spacial score (nSPS) is 9.90. The van der Waals surface area contributed by atoms with Crippen molar-refractivity contribution in [2.75, 3.05) is 0 Å². The molecule has 0 amide bonds. The molecule has 0 aliphatic rings. The van der Waals surface area contributed by atoms with Gasteiger partial charge in [0.05, 0.1) is 0 Å². The first-order valence-corrected chi connectivity index (χ1v) is 9.09. The third-order valence-corrected chi connectivity index (χ3v) is 5.11. The van der Waals surface area contributed by atoms with Crippen LogP contribution in [0.5, 0.6) is 0 Å². The zero-order chi connectivity index (χ0) is 13.1. The quantitative estimate of drug-likeness (QED) is 0.309. The molecule has 0 fully saturated rings. The summed E-state index contributed by atoms with van der Waals surface area (Å²) in [5.74, 6) is 0. The molecule has 20 heavy (non-hydrogen) atoms. The van der Waals surface area contributed by atoms with Crippen LogP contribution in [0.4, 0.5) is 0 Å². The molecular weight excluding hydrogens is 364 g/mol. The average Bonchev–Trinajstić information content (AvgIpc) is 2.77. The maximum atomic E-state index is 3.58. The van der Waals surface area contributed by atoms with E-state index in [1.165, 1.54) is 80.0 Å². The van der Waals surface area contributed by atoms with E-state index < -0.39 is 0 Å². The summed E-state index contributed by atoms with van der Waals surface area (Å²) in [5, 5.41) is 3.18. The molecule has 1 rings (SSSR count). The maximum absolute atomic E-state index is 3.58. The van der Waals surface area contributed by atoms with Crippen LogP contribution in [0.25, 0.3) is 0 Å². The number of hydrogen-bond acceptors (Lipinski definition) is 1. The van der Waals surface area contributed by atoms with Crippen LogP contribution < -0.4 is 12.4 Å². The van der Waals surface area contributed by atoms with Gasteiger partial charge in [-0.15, -0.1) is 21.3 Å². The fourth-order valence-corrected chi connectivity index (χ4v) is 3.44. The Morgan fingerprint density at radius 2 is 1.45 bits per heavy atom. The summed E-state index contributed by atoms with van der Waals surface area (Å²) in [6, 6.07) is 2.13.